The SMILES string of the molecule is Cc1cccc(NC2(C(N)=O)CCNCC2C(Cc2ccc(C#N)cc2)c2cnc[nH]2)c1. The molecule has 3 atom stereocenters. The maximum atomic E-state index is 13.1. The number of nitriles is 1. The fraction of sp³-hybridized carbons (Fsp3) is 0.320. The van der Waals surface area contributed by atoms with E-state index in [9.17, 15) is 4.79 Å². The monoisotopic (exact) mass is 428 g/mol. The first-order valence-electron chi connectivity index (χ1n) is 10.8. The highest BCUT2D eigenvalue weighted by Crippen LogP contribution is 2.40. The van der Waals surface area contributed by atoms with Crippen molar-refractivity contribution in [2.75, 3.05) is 18.4 Å². The molecule has 0 saturated carbocycles. The molecule has 3 aromatic rings. The number of H-pyrrole nitrogens is 1. The second kappa shape index (κ2) is 9.25. The highest BCUT2D eigenvalue weighted by atomic mass is 16.1. The summed E-state index contributed by atoms with van der Waals surface area (Å²) in [6.45, 7) is 3.37. The van der Waals surface area contributed by atoms with Crippen LogP contribution in [0.1, 0.15) is 34.7 Å². The molecule has 1 aliphatic heterocycles. The van der Waals surface area contributed by atoms with Crippen LogP contribution in [-0.2, 0) is 11.2 Å². The van der Waals surface area contributed by atoms with Gasteiger partial charge < -0.3 is 21.4 Å². The number of aromatic amines is 1. The van der Waals surface area contributed by atoms with E-state index < -0.39 is 5.54 Å². The third-order valence-corrected chi connectivity index (χ3v) is 6.46. The number of amides is 1. The Balaban J connectivity index is 1.74. The van der Waals surface area contributed by atoms with Crippen LogP contribution in [0, 0.1) is 24.2 Å². The van der Waals surface area contributed by atoms with Crippen LogP contribution in [0.3, 0.4) is 0 Å². The van der Waals surface area contributed by atoms with Gasteiger partial charge in [-0.05, 0) is 61.7 Å². The summed E-state index contributed by atoms with van der Waals surface area (Å²) < 4.78 is 0. The Kier molecular flexibility index (Phi) is 6.24. The van der Waals surface area contributed by atoms with Gasteiger partial charge in [-0.2, -0.15) is 5.26 Å². The van der Waals surface area contributed by atoms with Gasteiger partial charge >= 0.3 is 0 Å². The van der Waals surface area contributed by atoms with E-state index >= 15 is 0 Å². The molecule has 1 saturated heterocycles. The minimum Gasteiger partial charge on any atom is -0.371 e. The van der Waals surface area contributed by atoms with E-state index in [4.69, 9.17) is 11.0 Å². The molecule has 1 aliphatic rings. The van der Waals surface area contributed by atoms with Crippen molar-refractivity contribution in [3.8, 4) is 6.07 Å². The van der Waals surface area contributed by atoms with Crippen molar-refractivity contribution in [2.45, 2.75) is 31.2 Å². The number of nitrogens with one attached hydrogen (secondary N) is 3. The number of primary amides is 1. The molecule has 0 aliphatic carbocycles. The Morgan fingerprint density at radius 2 is 2.16 bits per heavy atom. The summed E-state index contributed by atoms with van der Waals surface area (Å²) in [5.41, 5.74) is 9.86. The molecule has 1 amide bonds. The van der Waals surface area contributed by atoms with Crippen LogP contribution in [0.2, 0.25) is 0 Å². The van der Waals surface area contributed by atoms with Crippen molar-refractivity contribution >= 4 is 11.6 Å². The Morgan fingerprint density at radius 1 is 1.34 bits per heavy atom. The zero-order chi connectivity index (χ0) is 22.6. The topological polar surface area (TPSA) is 120 Å². The second-order valence-electron chi connectivity index (χ2n) is 8.52. The Morgan fingerprint density at radius 3 is 2.81 bits per heavy atom. The molecule has 0 spiro atoms. The molecule has 3 unspecified atom stereocenters. The van der Waals surface area contributed by atoms with Gasteiger partial charge in [-0.1, -0.05) is 24.3 Å². The smallest absolute Gasteiger partial charge is 0.243 e. The maximum Gasteiger partial charge on any atom is 0.243 e. The number of carbonyl (C=O) groups excluding carboxylic acids is 1. The van der Waals surface area contributed by atoms with Gasteiger partial charge in [-0.3, -0.25) is 4.79 Å². The number of aryl methyl sites for hydroxylation is 1. The lowest BCUT2D eigenvalue weighted by Crippen LogP contribution is -2.64. The lowest BCUT2D eigenvalue weighted by molar-refractivity contribution is -0.125. The predicted molar refractivity (Wildman–Crippen MR) is 124 cm³/mol. The van der Waals surface area contributed by atoms with Crippen LogP contribution in [0.5, 0.6) is 0 Å². The van der Waals surface area contributed by atoms with Crippen molar-refractivity contribution < 1.29 is 4.79 Å². The number of imidazole rings is 1. The van der Waals surface area contributed by atoms with Gasteiger partial charge in [0.05, 0.1) is 18.0 Å². The molecule has 164 valence electrons. The number of carbonyl (C=O) groups is 1. The molecule has 4 rings (SSSR count). The summed E-state index contributed by atoms with van der Waals surface area (Å²) in [4.78, 5) is 20.6. The van der Waals surface area contributed by atoms with E-state index in [2.05, 4.69) is 26.7 Å². The molecule has 32 heavy (non-hydrogen) atoms. The van der Waals surface area contributed by atoms with E-state index in [1.807, 2.05) is 61.7 Å². The van der Waals surface area contributed by atoms with E-state index in [-0.39, 0.29) is 17.7 Å². The third-order valence-electron chi connectivity index (χ3n) is 6.46. The normalized spacial score (nSPS) is 21.4. The molecule has 7 nitrogen and oxygen atoms in total. The van der Waals surface area contributed by atoms with Gasteiger partial charge in [0.15, 0.2) is 0 Å². The standard InChI is InChI=1S/C25H28N6O/c1-17-3-2-4-20(11-17)31-25(24(27)32)9-10-28-14-22(25)21(23-15-29-16-30-23)12-18-5-7-19(13-26)8-6-18/h2-8,11,15-16,21-22,28,31H,9-10,12,14H2,1H3,(H2,27,32)(H,29,30). The number of anilines is 1. The number of hydrogen-bond donors (Lipinski definition) is 4. The first-order chi connectivity index (χ1) is 15.5. The van der Waals surface area contributed by atoms with Crippen LogP contribution >= 0.6 is 0 Å². The van der Waals surface area contributed by atoms with Crippen molar-refractivity contribution in [1.29, 1.82) is 5.26 Å². The van der Waals surface area contributed by atoms with Gasteiger partial charge in [-0.25, -0.2) is 4.98 Å². The van der Waals surface area contributed by atoms with E-state index in [1.54, 1.807) is 6.33 Å². The van der Waals surface area contributed by atoms with Crippen LogP contribution in [0.4, 0.5) is 5.69 Å². The number of benzene rings is 2. The number of hydrogen-bond acceptors (Lipinski definition) is 5. The molecule has 1 aromatic heterocycles. The molecule has 7 heteroatoms. The minimum atomic E-state index is -0.915. The first kappa shape index (κ1) is 21.6. The number of nitrogens with zero attached hydrogens (tertiary/aromatic N) is 2. The number of aromatic nitrogens is 2. The predicted octanol–water partition coefficient (Wildman–Crippen LogP) is 2.86. The number of piperidine rings is 1. The summed E-state index contributed by atoms with van der Waals surface area (Å²) in [7, 11) is 0. The first-order valence-corrected chi connectivity index (χ1v) is 10.8. The highest BCUT2D eigenvalue weighted by molar-refractivity contribution is 5.89. The summed E-state index contributed by atoms with van der Waals surface area (Å²) in [5.74, 6) is -0.511. The third kappa shape index (κ3) is 4.36. The quantitative estimate of drug-likeness (QED) is 0.461. The Bertz CT molecular complexity index is 1100. The number of rotatable bonds is 7. The average molecular weight is 429 g/mol. The van der Waals surface area contributed by atoms with Gasteiger partial charge in [0.1, 0.15) is 5.54 Å². The van der Waals surface area contributed by atoms with E-state index in [0.717, 1.165) is 22.5 Å². The van der Waals surface area contributed by atoms with Crippen LogP contribution in [0.25, 0.3) is 0 Å². The average Bonchev–Trinajstić information content (AvgIpc) is 3.33. The van der Waals surface area contributed by atoms with Gasteiger partial charge in [0, 0.05) is 36.0 Å². The largest absolute Gasteiger partial charge is 0.371 e. The Hall–Kier alpha value is -3.63. The molecular formula is C25H28N6O. The van der Waals surface area contributed by atoms with E-state index in [1.165, 1.54) is 0 Å². The Labute approximate surface area is 188 Å². The maximum absolute atomic E-state index is 13.1. The van der Waals surface area contributed by atoms with Crippen LogP contribution < -0.4 is 16.4 Å². The van der Waals surface area contributed by atoms with E-state index in [0.29, 0.717) is 31.5 Å². The highest BCUT2D eigenvalue weighted by Gasteiger charge is 2.49. The molecule has 5 N–H and O–H groups in total. The zero-order valence-electron chi connectivity index (χ0n) is 18.1. The van der Waals surface area contributed by atoms with Gasteiger partial charge in [0.25, 0.3) is 0 Å². The summed E-state index contributed by atoms with van der Waals surface area (Å²) >= 11 is 0. The second-order valence-corrected chi connectivity index (χ2v) is 8.52. The molecule has 1 fully saturated rings. The van der Waals surface area contributed by atoms with Crippen molar-refractivity contribution in [1.82, 2.24) is 15.3 Å². The van der Waals surface area contributed by atoms with Crippen molar-refractivity contribution in [3.63, 3.8) is 0 Å². The fourth-order valence-electron chi connectivity index (χ4n) is 4.80. The molecule has 0 radical (unpaired) electrons. The van der Waals surface area contributed by atoms with Crippen molar-refractivity contribution in [3.05, 3.63) is 83.4 Å². The van der Waals surface area contributed by atoms with Crippen molar-refractivity contribution in [2.24, 2.45) is 11.7 Å². The summed E-state index contributed by atoms with van der Waals surface area (Å²) in [5, 5.41) is 16.1. The summed E-state index contributed by atoms with van der Waals surface area (Å²) in [6, 6.07) is 17.8. The van der Waals surface area contributed by atoms with Crippen LogP contribution in [-0.4, -0.2) is 34.5 Å². The van der Waals surface area contributed by atoms with Gasteiger partial charge in [-0.15, -0.1) is 0 Å². The molecular weight excluding hydrogens is 400 g/mol. The molecule has 2 aromatic carbocycles. The minimum absolute atomic E-state index is 0.0388. The zero-order valence-corrected chi connectivity index (χ0v) is 18.1. The van der Waals surface area contributed by atoms with Crippen LogP contribution in [0.15, 0.2) is 61.1 Å². The lowest BCUT2D eigenvalue weighted by atomic mass is 9.68. The summed E-state index contributed by atoms with van der Waals surface area (Å²) in [6.07, 6.45) is 4.75. The van der Waals surface area contributed by atoms with Gasteiger partial charge in [0.2, 0.25) is 5.91 Å². The molecule has 2 heterocycles. The fourth-order valence-corrected chi connectivity index (χ4v) is 4.80. The number of nitrogens with two attached hydrogens (primary N) is 1. The molecule has 0 bridgehead atoms. The lowest BCUT2D eigenvalue weighted by Gasteiger charge is -2.46.